The van der Waals surface area contributed by atoms with Crippen molar-refractivity contribution in [3.8, 4) is 17.0 Å². The van der Waals surface area contributed by atoms with E-state index in [9.17, 15) is 4.79 Å². The number of carbonyl (C=O) groups excluding carboxylic acids is 1. The second kappa shape index (κ2) is 7.69. The third kappa shape index (κ3) is 3.54. The van der Waals surface area contributed by atoms with Crippen LogP contribution in [-0.4, -0.2) is 32.4 Å². The number of amides is 1. The molecule has 0 aliphatic rings. The number of rotatable bonds is 5. The molecule has 2 aromatic carbocycles. The highest BCUT2D eigenvalue weighted by Crippen LogP contribution is 2.26. The van der Waals surface area contributed by atoms with Gasteiger partial charge in [-0.25, -0.2) is 0 Å². The first-order valence-corrected chi connectivity index (χ1v) is 9.78. The molecule has 2 heterocycles. The van der Waals surface area contributed by atoms with E-state index in [1.54, 1.807) is 17.7 Å². The lowest BCUT2D eigenvalue weighted by Gasteiger charge is -2.06. The number of furan rings is 1. The molecule has 2 aromatic heterocycles. The number of hydrogen-bond acceptors (Lipinski definition) is 6. The van der Waals surface area contributed by atoms with E-state index in [0.29, 0.717) is 27.9 Å². The highest BCUT2D eigenvalue weighted by molar-refractivity contribution is 7.98. The summed E-state index contributed by atoms with van der Waals surface area (Å²) in [5.41, 5.74) is 2.93. The molecule has 0 aliphatic carbocycles. The summed E-state index contributed by atoms with van der Waals surface area (Å²) >= 11 is 1.46. The Balaban J connectivity index is 1.52. The van der Waals surface area contributed by atoms with Gasteiger partial charge >= 0.3 is 0 Å². The van der Waals surface area contributed by atoms with E-state index in [-0.39, 0.29) is 5.91 Å². The summed E-state index contributed by atoms with van der Waals surface area (Å²) in [5.74, 6) is 1.02. The molecule has 4 rings (SSSR count). The predicted octanol–water partition coefficient (Wildman–Crippen LogP) is 4.20. The fraction of sp³-hybridized carbons (Fsp3) is 0.100. The van der Waals surface area contributed by atoms with Crippen LogP contribution in [0.5, 0.6) is 0 Å². The van der Waals surface area contributed by atoms with Gasteiger partial charge in [0.05, 0.1) is 11.3 Å². The van der Waals surface area contributed by atoms with E-state index in [4.69, 9.17) is 4.42 Å². The zero-order chi connectivity index (χ0) is 19.5. The fourth-order valence-electron chi connectivity index (χ4n) is 2.80. The van der Waals surface area contributed by atoms with Crippen LogP contribution in [-0.2, 0) is 0 Å². The highest BCUT2D eigenvalue weighted by atomic mass is 32.2. The number of nitrogens with zero attached hydrogens (tertiary/aromatic N) is 4. The number of anilines is 1. The molecule has 1 N–H and O–H groups in total. The van der Waals surface area contributed by atoms with Crippen molar-refractivity contribution in [2.45, 2.75) is 12.1 Å². The number of aryl methyl sites for hydroxylation is 1. The van der Waals surface area contributed by atoms with Crippen LogP contribution in [0.15, 0.2) is 70.2 Å². The Labute approximate surface area is 165 Å². The number of aromatic nitrogens is 4. The fourth-order valence-corrected chi connectivity index (χ4v) is 3.24. The Morgan fingerprint density at radius 3 is 2.57 bits per heavy atom. The van der Waals surface area contributed by atoms with Gasteiger partial charge in [-0.1, -0.05) is 42.1 Å². The molecule has 0 fully saturated rings. The Bertz CT molecular complexity index is 1100. The smallest absolute Gasteiger partial charge is 0.259 e. The lowest BCUT2D eigenvalue weighted by Crippen LogP contribution is -2.12. The van der Waals surface area contributed by atoms with Gasteiger partial charge in [0.1, 0.15) is 11.5 Å². The molecule has 0 bridgehead atoms. The number of benzene rings is 2. The summed E-state index contributed by atoms with van der Waals surface area (Å²) in [6.45, 7) is 1.78. The minimum atomic E-state index is -0.219. The first kappa shape index (κ1) is 18.0. The molecule has 28 heavy (non-hydrogen) atoms. The molecule has 8 heteroatoms. The van der Waals surface area contributed by atoms with Crippen molar-refractivity contribution < 1.29 is 9.21 Å². The molecule has 4 aromatic rings. The molecule has 0 unspecified atom stereocenters. The third-order valence-corrected chi connectivity index (χ3v) is 4.83. The van der Waals surface area contributed by atoms with Crippen LogP contribution in [0.4, 0.5) is 5.69 Å². The summed E-state index contributed by atoms with van der Waals surface area (Å²) in [7, 11) is 0. The summed E-state index contributed by atoms with van der Waals surface area (Å²) in [6.07, 6.45) is 1.91. The van der Waals surface area contributed by atoms with Crippen molar-refractivity contribution in [3.63, 3.8) is 0 Å². The Hall–Kier alpha value is -3.39. The van der Waals surface area contributed by atoms with Gasteiger partial charge in [0, 0.05) is 11.3 Å². The van der Waals surface area contributed by atoms with Crippen LogP contribution in [0.3, 0.4) is 0 Å². The van der Waals surface area contributed by atoms with E-state index in [2.05, 4.69) is 20.8 Å². The SMILES string of the molecule is CSc1nnnn1-c1ccc(NC(=O)c2cc(-c3ccccc3)oc2C)cc1. The standard InChI is InChI=1S/C20H17N5O2S/c1-13-17(12-18(27-13)14-6-4-3-5-7-14)19(26)21-15-8-10-16(11-9-15)25-20(28-2)22-23-24-25/h3-12H,1-2H3,(H,21,26). The van der Waals surface area contributed by atoms with E-state index in [0.717, 1.165) is 11.3 Å². The summed E-state index contributed by atoms with van der Waals surface area (Å²) in [4.78, 5) is 12.7. The van der Waals surface area contributed by atoms with Gasteiger partial charge in [0.25, 0.3) is 5.91 Å². The Morgan fingerprint density at radius 2 is 1.86 bits per heavy atom. The molecule has 0 spiro atoms. The van der Waals surface area contributed by atoms with Gasteiger partial charge in [-0.15, -0.1) is 5.10 Å². The third-order valence-electron chi connectivity index (χ3n) is 4.21. The lowest BCUT2D eigenvalue weighted by molar-refractivity contribution is 0.102. The quantitative estimate of drug-likeness (QED) is 0.513. The summed E-state index contributed by atoms with van der Waals surface area (Å²) in [6, 6.07) is 18.8. The maximum Gasteiger partial charge on any atom is 0.259 e. The second-order valence-electron chi connectivity index (χ2n) is 6.02. The Morgan fingerprint density at radius 1 is 1.11 bits per heavy atom. The number of nitrogens with one attached hydrogen (secondary N) is 1. The average Bonchev–Trinajstić information content (AvgIpc) is 3.36. The van der Waals surface area contributed by atoms with Crippen molar-refractivity contribution >= 4 is 23.4 Å². The van der Waals surface area contributed by atoms with Gasteiger partial charge in [0.15, 0.2) is 0 Å². The van der Waals surface area contributed by atoms with Gasteiger partial charge < -0.3 is 9.73 Å². The molecule has 0 atom stereocenters. The van der Waals surface area contributed by atoms with E-state index in [1.807, 2.05) is 60.9 Å². The van der Waals surface area contributed by atoms with Crippen LogP contribution >= 0.6 is 11.8 Å². The maximum atomic E-state index is 12.7. The monoisotopic (exact) mass is 391 g/mol. The first-order chi connectivity index (χ1) is 13.7. The molecule has 0 radical (unpaired) electrons. The van der Waals surface area contributed by atoms with E-state index < -0.39 is 0 Å². The molecule has 0 saturated heterocycles. The van der Waals surface area contributed by atoms with Crippen molar-refractivity contribution in [2.24, 2.45) is 0 Å². The first-order valence-electron chi connectivity index (χ1n) is 8.55. The molecule has 0 saturated carbocycles. The zero-order valence-electron chi connectivity index (χ0n) is 15.3. The maximum absolute atomic E-state index is 12.7. The van der Waals surface area contributed by atoms with Crippen molar-refractivity contribution in [1.82, 2.24) is 20.2 Å². The highest BCUT2D eigenvalue weighted by Gasteiger charge is 2.16. The van der Waals surface area contributed by atoms with E-state index in [1.165, 1.54) is 11.8 Å². The van der Waals surface area contributed by atoms with Crippen LogP contribution in [0.1, 0.15) is 16.1 Å². The second-order valence-corrected chi connectivity index (χ2v) is 6.80. The molecule has 1 amide bonds. The predicted molar refractivity (Wildman–Crippen MR) is 108 cm³/mol. The van der Waals surface area contributed by atoms with Crippen LogP contribution in [0.25, 0.3) is 17.0 Å². The van der Waals surface area contributed by atoms with Crippen molar-refractivity contribution in [1.29, 1.82) is 0 Å². The van der Waals surface area contributed by atoms with Crippen LogP contribution in [0, 0.1) is 6.92 Å². The van der Waals surface area contributed by atoms with Gasteiger partial charge in [-0.05, 0) is 53.9 Å². The van der Waals surface area contributed by atoms with Crippen molar-refractivity contribution in [2.75, 3.05) is 11.6 Å². The largest absolute Gasteiger partial charge is 0.461 e. The number of hydrogen-bond donors (Lipinski definition) is 1. The van der Waals surface area contributed by atoms with Gasteiger partial charge in [-0.2, -0.15) is 4.68 Å². The molecule has 7 nitrogen and oxygen atoms in total. The van der Waals surface area contributed by atoms with Crippen molar-refractivity contribution in [3.05, 3.63) is 72.0 Å². The molecular formula is C20H17N5O2S. The molecule has 140 valence electrons. The van der Waals surface area contributed by atoms with Gasteiger partial charge in [0.2, 0.25) is 5.16 Å². The Kier molecular flexibility index (Phi) is 4.94. The minimum absolute atomic E-state index is 0.219. The normalized spacial score (nSPS) is 10.8. The van der Waals surface area contributed by atoms with Gasteiger partial charge in [-0.3, -0.25) is 4.79 Å². The van der Waals surface area contributed by atoms with Crippen LogP contribution < -0.4 is 5.32 Å². The number of carbonyl (C=O) groups is 1. The molecular weight excluding hydrogens is 374 g/mol. The summed E-state index contributed by atoms with van der Waals surface area (Å²) in [5, 5.41) is 15.2. The lowest BCUT2D eigenvalue weighted by atomic mass is 10.1. The average molecular weight is 391 g/mol. The van der Waals surface area contributed by atoms with Crippen LogP contribution in [0.2, 0.25) is 0 Å². The number of thioether (sulfide) groups is 1. The zero-order valence-corrected chi connectivity index (χ0v) is 16.1. The molecule has 0 aliphatic heterocycles. The van der Waals surface area contributed by atoms with E-state index >= 15 is 0 Å². The number of tetrazole rings is 1. The minimum Gasteiger partial charge on any atom is -0.461 e. The summed E-state index contributed by atoms with van der Waals surface area (Å²) < 4.78 is 7.41. The topological polar surface area (TPSA) is 85.8 Å².